The van der Waals surface area contributed by atoms with Gasteiger partial charge in [-0.1, -0.05) is 20.8 Å². The minimum absolute atomic E-state index is 0.0798. The van der Waals surface area contributed by atoms with Gasteiger partial charge in [0, 0.05) is 5.56 Å². The first-order valence-corrected chi connectivity index (χ1v) is 6.96. The van der Waals surface area contributed by atoms with Gasteiger partial charge >= 0.3 is 0 Å². The first-order valence-electron chi connectivity index (χ1n) is 6.96. The Morgan fingerprint density at radius 3 is 2.26 bits per heavy atom. The van der Waals surface area contributed by atoms with Crippen LogP contribution in [0.25, 0.3) is 0 Å². The summed E-state index contributed by atoms with van der Waals surface area (Å²) >= 11 is 0. The monoisotopic (exact) mass is 265 g/mol. The number of hydrogen-bond acceptors (Lipinski definition) is 2. The molecule has 2 nitrogen and oxygen atoms in total. The molecule has 0 fully saturated rings. The number of aryl methyl sites for hydroxylation is 1. The van der Waals surface area contributed by atoms with Crippen LogP contribution >= 0.6 is 0 Å². The SMILES string of the molecule is CCN(CC)C(C)(CC)C(=O)c1ccc(F)cc1C. The highest BCUT2D eigenvalue weighted by atomic mass is 19.1. The number of Topliss-reactive ketones (excluding diaryl/α,β-unsaturated/α-hetero) is 1. The summed E-state index contributed by atoms with van der Waals surface area (Å²) < 4.78 is 13.2. The van der Waals surface area contributed by atoms with Crippen LogP contribution in [0.4, 0.5) is 4.39 Å². The largest absolute Gasteiger partial charge is 0.292 e. The van der Waals surface area contributed by atoms with Gasteiger partial charge in [0.15, 0.2) is 5.78 Å². The fraction of sp³-hybridized carbons (Fsp3) is 0.562. The van der Waals surface area contributed by atoms with E-state index in [-0.39, 0.29) is 11.6 Å². The zero-order valence-corrected chi connectivity index (χ0v) is 12.6. The number of hydrogen-bond donors (Lipinski definition) is 0. The molecular weight excluding hydrogens is 241 g/mol. The zero-order chi connectivity index (χ0) is 14.6. The van der Waals surface area contributed by atoms with Gasteiger partial charge in [-0.05, 0) is 57.1 Å². The molecule has 0 amide bonds. The standard InChI is InChI=1S/C16H24FNO/c1-6-16(5,18(7-2)8-3)15(19)14-10-9-13(17)11-12(14)4/h9-11H,6-8H2,1-5H3. The van der Waals surface area contributed by atoms with Crippen LogP contribution in [0.15, 0.2) is 18.2 Å². The molecule has 3 heteroatoms. The Morgan fingerprint density at radius 1 is 1.26 bits per heavy atom. The summed E-state index contributed by atoms with van der Waals surface area (Å²) in [7, 11) is 0. The molecule has 0 spiro atoms. The van der Waals surface area contributed by atoms with Crippen molar-refractivity contribution >= 4 is 5.78 Å². The van der Waals surface area contributed by atoms with Crippen molar-refractivity contribution < 1.29 is 9.18 Å². The summed E-state index contributed by atoms with van der Waals surface area (Å²) in [5.74, 6) is -0.216. The number of halogens is 1. The highest BCUT2D eigenvalue weighted by Crippen LogP contribution is 2.26. The molecule has 1 unspecified atom stereocenters. The number of likely N-dealkylation sites (N-methyl/N-ethyl adjacent to an activating group) is 1. The van der Waals surface area contributed by atoms with Crippen LogP contribution < -0.4 is 0 Å². The van der Waals surface area contributed by atoms with Crippen molar-refractivity contribution in [2.75, 3.05) is 13.1 Å². The van der Waals surface area contributed by atoms with Crippen LogP contribution in [0.1, 0.15) is 50.0 Å². The van der Waals surface area contributed by atoms with Gasteiger partial charge in [-0.3, -0.25) is 9.69 Å². The van der Waals surface area contributed by atoms with Gasteiger partial charge in [0.05, 0.1) is 5.54 Å². The normalized spacial score (nSPS) is 14.5. The van der Waals surface area contributed by atoms with Crippen molar-refractivity contribution in [3.63, 3.8) is 0 Å². The molecule has 106 valence electrons. The highest BCUT2D eigenvalue weighted by Gasteiger charge is 2.37. The van der Waals surface area contributed by atoms with Gasteiger partial charge in [-0.2, -0.15) is 0 Å². The first kappa shape index (κ1) is 15.8. The lowest BCUT2D eigenvalue weighted by Crippen LogP contribution is -2.52. The Kier molecular flexibility index (Phi) is 5.24. The second kappa shape index (κ2) is 6.29. The number of ketones is 1. The van der Waals surface area contributed by atoms with Gasteiger partial charge in [0.1, 0.15) is 5.82 Å². The molecule has 0 radical (unpaired) electrons. The number of carbonyl (C=O) groups excluding carboxylic acids is 1. The number of carbonyl (C=O) groups is 1. The van der Waals surface area contributed by atoms with E-state index in [2.05, 4.69) is 18.7 Å². The van der Waals surface area contributed by atoms with Crippen molar-refractivity contribution in [3.05, 3.63) is 35.1 Å². The van der Waals surface area contributed by atoms with Gasteiger partial charge in [-0.25, -0.2) is 4.39 Å². The molecule has 0 aromatic heterocycles. The third-order valence-electron chi connectivity index (χ3n) is 4.07. The maximum atomic E-state index is 13.2. The molecule has 1 aromatic carbocycles. The molecule has 1 rings (SSSR count). The Bertz CT molecular complexity index is 454. The molecule has 1 aromatic rings. The predicted octanol–water partition coefficient (Wildman–Crippen LogP) is 3.83. The summed E-state index contributed by atoms with van der Waals surface area (Å²) in [6.07, 6.45) is 0.740. The van der Waals surface area contributed by atoms with Crippen LogP contribution in [0.2, 0.25) is 0 Å². The predicted molar refractivity (Wildman–Crippen MR) is 77.1 cm³/mol. The molecule has 19 heavy (non-hydrogen) atoms. The Balaban J connectivity index is 3.21. The maximum absolute atomic E-state index is 13.2. The van der Waals surface area contributed by atoms with E-state index in [1.165, 1.54) is 12.1 Å². The average Bonchev–Trinajstić information content (AvgIpc) is 2.39. The molecule has 0 saturated heterocycles. The van der Waals surface area contributed by atoms with Crippen LogP contribution in [0.5, 0.6) is 0 Å². The van der Waals surface area contributed by atoms with Gasteiger partial charge in [0.25, 0.3) is 0 Å². The second-order valence-electron chi connectivity index (χ2n) is 5.09. The second-order valence-corrected chi connectivity index (χ2v) is 5.09. The van der Waals surface area contributed by atoms with E-state index < -0.39 is 5.54 Å². The van der Waals surface area contributed by atoms with Crippen LogP contribution in [-0.4, -0.2) is 29.3 Å². The minimum atomic E-state index is -0.522. The summed E-state index contributed by atoms with van der Waals surface area (Å²) in [6, 6.07) is 4.38. The Labute approximate surface area is 115 Å². The molecule has 0 aliphatic carbocycles. The van der Waals surface area contributed by atoms with Gasteiger partial charge in [0.2, 0.25) is 0 Å². The number of nitrogens with zero attached hydrogens (tertiary/aromatic N) is 1. The van der Waals surface area contributed by atoms with Crippen molar-refractivity contribution in [1.82, 2.24) is 4.90 Å². The summed E-state index contributed by atoms with van der Waals surface area (Å²) in [5, 5.41) is 0. The van der Waals surface area contributed by atoms with Crippen molar-refractivity contribution in [2.24, 2.45) is 0 Å². The van der Waals surface area contributed by atoms with Gasteiger partial charge in [-0.15, -0.1) is 0 Å². The molecule has 0 heterocycles. The van der Waals surface area contributed by atoms with Crippen molar-refractivity contribution in [2.45, 2.75) is 46.6 Å². The quantitative estimate of drug-likeness (QED) is 0.729. The van der Waals surface area contributed by atoms with E-state index in [0.717, 1.165) is 19.5 Å². The van der Waals surface area contributed by atoms with Crippen LogP contribution in [-0.2, 0) is 0 Å². The van der Waals surface area contributed by atoms with Crippen molar-refractivity contribution in [1.29, 1.82) is 0 Å². The van der Waals surface area contributed by atoms with Gasteiger partial charge < -0.3 is 0 Å². The summed E-state index contributed by atoms with van der Waals surface area (Å²) in [5.41, 5.74) is 0.806. The van der Waals surface area contributed by atoms with Crippen LogP contribution in [0, 0.1) is 12.7 Å². The molecule has 0 saturated carbocycles. The van der Waals surface area contributed by atoms with E-state index in [4.69, 9.17) is 0 Å². The smallest absolute Gasteiger partial charge is 0.183 e. The van der Waals surface area contributed by atoms with E-state index in [1.54, 1.807) is 13.0 Å². The Hall–Kier alpha value is -1.22. The molecule has 0 aliphatic rings. The van der Waals surface area contributed by atoms with Crippen molar-refractivity contribution in [3.8, 4) is 0 Å². The molecule has 0 bridgehead atoms. The molecule has 0 aliphatic heterocycles. The number of rotatable bonds is 6. The lowest BCUT2D eigenvalue weighted by molar-refractivity contribution is 0.0607. The number of benzene rings is 1. The Morgan fingerprint density at radius 2 is 1.84 bits per heavy atom. The molecular formula is C16H24FNO. The van der Waals surface area contributed by atoms with E-state index in [0.29, 0.717) is 11.1 Å². The fourth-order valence-corrected chi connectivity index (χ4v) is 2.62. The highest BCUT2D eigenvalue weighted by molar-refractivity contribution is 6.04. The average molecular weight is 265 g/mol. The summed E-state index contributed by atoms with van der Waals surface area (Å²) in [6.45, 7) is 11.6. The third kappa shape index (κ3) is 3.03. The lowest BCUT2D eigenvalue weighted by atomic mass is 9.85. The molecule has 1 atom stereocenters. The lowest BCUT2D eigenvalue weighted by Gasteiger charge is -2.38. The fourth-order valence-electron chi connectivity index (χ4n) is 2.62. The van der Waals surface area contributed by atoms with Crippen LogP contribution in [0.3, 0.4) is 0 Å². The molecule has 0 N–H and O–H groups in total. The maximum Gasteiger partial charge on any atom is 0.183 e. The van der Waals surface area contributed by atoms with E-state index in [1.807, 2.05) is 13.8 Å². The topological polar surface area (TPSA) is 20.3 Å². The van der Waals surface area contributed by atoms with E-state index >= 15 is 0 Å². The third-order valence-corrected chi connectivity index (χ3v) is 4.07. The minimum Gasteiger partial charge on any atom is -0.292 e. The zero-order valence-electron chi connectivity index (χ0n) is 12.6. The summed E-state index contributed by atoms with van der Waals surface area (Å²) in [4.78, 5) is 15.0. The van der Waals surface area contributed by atoms with E-state index in [9.17, 15) is 9.18 Å². The first-order chi connectivity index (χ1) is 8.90.